The number of hydrogen-bond acceptors (Lipinski definition) is 8. The van der Waals surface area contributed by atoms with Gasteiger partial charge in [0.25, 0.3) is 5.91 Å². The zero-order valence-electron chi connectivity index (χ0n) is 36.2. The minimum absolute atomic E-state index is 0.0162. The Hall–Kier alpha value is -7.17. The summed E-state index contributed by atoms with van der Waals surface area (Å²) in [6.07, 6.45) is 0.0234. The fourth-order valence-electron chi connectivity index (χ4n) is 8.77. The minimum atomic E-state index is -4.64. The lowest BCUT2D eigenvalue weighted by molar-refractivity contribution is -0.138. The number of fused-ring (bicyclic) bond motifs is 1. The maximum absolute atomic E-state index is 14.0. The van der Waals surface area contributed by atoms with Crippen molar-refractivity contribution in [1.82, 2.24) is 40.4 Å². The first-order valence-electron chi connectivity index (χ1n) is 21.4. The Morgan fingerprint density at radius 3 is 1.78 bits per heavy atom. The van der Waals surface area contributed by atoms with Gasteiger partial charge in [0.05, 0.1) is 55.6 Å². The maximum Gasteiger partial charge on any atom is 0.416 e. The third-order valence-electron chi connectivity index (χ3n) is 12.2. The van der Waals surface area contributed by atoms with E-state index >= 15 is 0 Å². The van der Waals surface area contributed by atoms with Gasteiger partial charge in [0.15, 0.2) is 0 Å². The monoisotopic (exact) mass is 890 g/mol. The quantitative estimate of drug-likeness (QED) is 0.0997. The Balaban J connectivity index is 0.947. The Kier molecular flexibility index (Phi) is 12.7. The van der Waals surface area contributed by atoms with Gasteiger partial charge in [-0.05, 0) is 88.9 Å². The number of alkyl halides is 3. The Bertz CT molecular complexity index is 2710. The van der Waals surface area contributed by atoms with E-state index in [0.717, 1.165) is 76.5 Å². The number of H-pyrrole nitrogens is 2. The summed E-state index contributed by atoms with van der Waals surface area (Å²) < 4.78 is 50.2. The van der Waals surface area contributed by atoms with Crippen LogP contribution in [0.25, 0.3) is 44.4 Å². The average Bonchev–Trinajstić information content (AvgIpc) is 4.16. The van der Waals surface area contributed by atoms with Crippen LogP contribution in [0.15, 0.2) is 97.3 Å². The summed E-state index contributed by atoms with van der Waals surface area (Å²) >= 11 is 0. The molecule has 4 N–H and O–H groups in total. The molecule has 2 aliphatic heterocycles. The molecule has 4 amide bonds. The number of alkyl carbamates (subject to hydrolysis) is 2. The Labute approximate surface area is 372 Å². The summed E-state index contributed by atoms with van der Waals surface area (Å²) in [5.74, 6) is 0.355. The second-order valence-corrected chi connectivity index (χ2v) is 16.6. The molecule has 0 saturated carbocycles. The summed E-state index contributed by atoms with van der Waals surface area (Å²) in [6, 6.07) is 22.0. The molecule has 65 heavy (non-hydrogen) atoms. The predicted octanol–water partition coefficient (Wildman–Crippen LogP) is 9.11. The van der Waals surface area contributed by atoms with Gasteiger partial charge >= 0.3 is 18.4 Å². The van der Waals surface area contributed by atoms with E-state index in [-0.39, 0.29) is 23.4 Å². The molecule has 2 fully saturated rings. The second kappa shape index (κ2) is 18.5. The fourth-order valence-corrected chi connectivity index (χ4v) is 8.77. The van der Waals surface area contributed by atoms with Crippen LogP contribution in [0, 0.1) is 5.92 Å². The molecule has 8 rings (SSSR count). The number of rotatable bonds is 11. The molecule has 2 unspecified atom stereocenters. The van der Waals surface area contributed by atoms with Gasteiger partial charge in [0, 0.05) is 18.7 Å². The standard InChI is InChI=1S/C48H49F3N8O6/c1-27(2)40(56-46(62)64-3)44(60)58-20-6-10-38(58)43-53-26-37(55-43)33-19-18-31-22-30(16-17-32(31)23-33)28-12-14-29(15-13-28)36-25-52-42(54-36)39-11-7-21-59(39)45(61)41(57-47(63)65-4)34-8-5-9-35(24-34)48(49,50)51/h5,8-9,12-19,22-27,38-41H,6-7,10-11,20-21H2,1-4H3,(H,52,54)(H,53,55)(H,56,62)(H,57,63)/t38-,39-,40?,41?/m0/s1. The average molecular weight is 891 g/mol. The SMILES string of the molecule is COC(=O)NC(C(=O)N1CCC[C@H]1c1ncc(-c2ccc(-c3ccc4cc(-c5cnc([C@@H]6CCCN6C(=O)C(NC(=O)OC)C(C)C)[nH]5)ccc4c3)cc2)[nH]1)c1cccc(C(F)(F)F)c1. The van der Waals surface area contributed by atoms with Crippen LogP contribution in [0.5, 0.6) is 0 Å². The van der Waals surface area contributed by atoms with Gasteiger partial charge in [0.1, 0.15) is 23.7 Å². The number of benzene rings is 4. The molecule has 338 valence electrons. The van der Waals surface area contributed by atoms with E-state index in [2.05, 4.69) is 55.9 Å². The van der Waals surface area contributed by atoms with Crippen LogP contribution in [0.2, 0.25) is 0 Å². The van der Waals surface area contributed by atoms with Crippen LogP contribution in [-0.4, -0.2) is 87.1 Å². The van der Waals surface area contributed by atoms with Crippen LogP contribution < -0.4 is 10.6 Å². The molecule has 2 aromatic heterocycles. The van der Waals surface area contributed by atoms with Crippen molar-refractivity contribution < 1.29 is 41.8 Å². The topological polar surface area (TPSA) is 175 Å². The number of nitrogens with one attached hydrogen (secondary N) is 4. The highest BCUT2D eigenvalue weighted by atomic mass is 19.4. The molecule has 0 bridgehead atoms. The van der Waals surface area contributed by atoms with Crippen LogP contribution in [0.1, 0.15) is 80.4 Å². The number of carbonyl (C=O) groups is 4. The summed E-state index contributed by atoms with van der Waals surface area (Å²) in [6.45, 7) is 4.67. The van der Waals surface area contributed by atoms with E-state index in [4.69, 9.17) is 14.5 Å². The largest absolute Gasteiger partial charge is 0.453 e. The van der Waals surface area contributed by atoms with Crippen LogP contribution in [-0.2, 0) is 25.2 Å². The van der Waals surface area contributed by atoms with Crippen molar-refractivity contribution in [2.45, 2.75) is 69.9 Å². The lowest BCUT2D eigenvalue weighted by atomic mass is 9.98. The highest BCUT2D eigenvalue weighted by molar-refractivity contribution is 5.91. The number of nitrogens with zero attached hydrogens (tertiary/aromatic N) is 4. The van der Waals surface area contributed by atoms with Crippen molar-refractivity contribution in [3.8, 4) is 33.6 Å². The zero-order valence-corrected chi connectivity index (χ0v) is 36.2. The molecule has 14 nitrogen and oxygen atoms in total. The van der Waals surface area contributed by atoms with Crippen molar-refractivity contribution in [3.63, 3.8) is 0 Å². The molecule has 6 aromatic rings. The molecule has 2 aliphatic rings. The van der Waals surface area contributed by atoms with Crippen LogP contribution >= 0.6 is 0 Å². The molecule has 17 heteroatoms. The van der Waals surface area contributed by atoms with Gasteiger partial charge in [-0.25, -0.2) is 19.6 Å². The normalized spacial score (nSPS) is 17.3. The van der Waals surface area contributed by atoms with Crippen molar-refractivity contribution in [3.05, 3.63) is 120 Å². The van der Waals surface area contributed by atoms with Gasteiger partial charge in [-0.3, -0.25) is 9.59 Å². The zero-order chi connectivity index (χ0) is 46.0. The second-order valence-electron chi connectivity index (χ2n) is 16.6. The third kappa shape index (κ3) is 9.40. The van der Waals surface area contributed by atoms with Crippen LogP contribution in [0.4, 0.5) is 22.8 Å². The number of aromatic nitrogens is 4. The maximum atomic E-state index is 14.0. The van der Waals surface area contributed by atoms with E-state index in [1.165, 1.54) is 24.1 Å². The van der Waals surface area contributed by atoms with Crippen LogP contribution in [0.3, 0.4) is 0 Å². The first-order valence-corrected chi connectivity index (χ1v) is 21.4. The molecular formula is C48H49F3N8O6. The Morgan fingerprint density at radius 1 is 0.677 bits per heavy atom. The number of amides is 4. The van der Waals surface area contributed by atoms with Crippen molar-refractivity contribution in [2.75, 3.05) is 27.3 Å². The lowest BCUT2D eigenvalue weighted by Crippen LogP contribution is -2.51. The summed E-state index contributed by atoms with van der Waals surface area (Å²) in [5, 5.41) is 7.20. The first kappa shape index (κ1) is 44.4. The Morgan fingerprint density at radius 2 is 1.20 bits per heavy atom. The number of likely N-dealkylation sites (tertiary alicyclic amines) is 2. The number of halogens is 3. The summed E-state index contributed by atoms with van der Waals surface area (Å²) in [4.78, 5) is 71.3. The lowest BCUT2D eigenvalue weighted by Gasteiger charge is -2.30. The van der Waals surface area contributed by atoms with E-state index in [9.17, 15) is 32.3 Å². The number of carbonyl (C=O) groups excluding carboxylic acids is 4. The van der Waals surface area contributed by atoms with E-state index in [1.54, 1.807) is 17.3 Å². The van der Waals surface area contributed by atoms with Crippen molar-refractivity contribution in [2.24, 2.45) is 5.92 Å². The number of aromatic amines is 2. The number of hydrogen-bond donors (Lipinski definition) is 4. The van der Waals surface area contributed by atoms with E-state index < -0.39 is 48.0 Å². The molecule has 0 spiro atoms. The predicted molar refractivity (Wildman–Crippen MR) is 236 cm³/mol. The third-order valence-corrected chi connectivity index (χ3v) is 12.2. The highest BCUT2D eigenvalue weighted by Gasteiger charge is 2.40. The molecule has 4 atom stereocenters. The molecule has 4 aromatic carbocycles. The summed E-state index contributed by atoms with van der Waals surface area (Å²) in [7, 11) is 2.39. The van der Waals surface area contributed by atoms with E-state index in [0.29, 0.717) is 37.6 Å². The molecule has 2 saturated heterocycles. The smallest absolute Gasteiger partial charge is 0.416 e. The van der Waals surface area contributed by atoms with Crippen molar-refractivity contribution >= 4 is 34.8 Å². The minimum Gasteiger partial charge on any atom is -0.453 e. The highest BCUT2D eigenvalue weighted by Crippen LogP contribution is 2.37. The van der Waals surface area contributed by atoms with Gasteiger partial charge < -0.3 is 39.9 Å². The molecule has 0 aliphatic carbocycles. The number of ether oxygens (including phenoxy) is 2. The van der Waals surface area contributed by atoms with Gasteiger partial charge in [0.2, 0.25) is 5.91 Å². The molecule has 4 heterocycles. The fraction of sp³-hybridized carbons (Fsp3) is 0.333. The van der Waals surface area contributed by atoms with Gasteiger partial charge in [-0.2, -0.15) is 13.2 Å². The molecule has 0 radical (unpaired) electrons. The molecular weight excluding hydrogens is 842 g/mol. The first-order chi connectivity index (χ1) is 31.2. The van der Waals surface area contributed by atoms with Crippen molar-refractivity contribution in [1.29, 1.82) is 0 Å². The van der Waals surface area contributed by atoms with E-state index in [1.807, 2.05) is 44.2 Å². The summed E-state index contributed by atoms with van der Waals surface area (Å²) in [5.41, 5.74) is 4.45. The number of methoxy groups -OCH3 is 2. The van der Waals surface area contributed by atoms with Gasteiger partial charge in [-0.15, -0.1) is 0 Å². The van der Waals surface area contributed by atoms with Gasteiger partial charge in [-0.1, -0.05) is 74.5 Å². The number of imidazole rings is 2.